The third-order valence-corrected chi connectivity index (χ3v) is 2.33. The first-order chi connectivity index (χ1) is 7.71. The first-order valence-corrected chi connectivity index (χ1v) is 4.83. The number of nitrogens with zero attached hydrogens (tertiary/aromatic N) is 1. The van der Waals surface area contributed by atoms with Crippen molar-refractivity contribution in [2.75, 3.05) is 5.32 Å². The number of amides is 1. The molecule has 0 bridgehead atoms. The second-order valence-corrected chi connectivity index (χ2v) is 3.73. The second kappa shape index (κ2) is 4.70. The average Bonchev–Trinajstić information content (AvgIpc) is 2.19. The van der Waals surface area contributed by atoms with E-state index in [1.54, 1.807) is 5.32 Å². The zero-order valence-corrected chi connectivity index (χ0v) is 9.50. The summed E-state index contributed by atoms with van der Waals surface area (Å²) in [6.45, 7) is 0. The van der Waals surface area contributed by atoms with Crippen LogP contribution in [0.5, 0.6) is 0 Å². The fourth-order valence-corrected chi connectivity index (χ4v) is 1.38. The zero-order chi connectivity index (χ0) is 13.2. The van der Waals surface area contributed by atoms with Crippen molar-refractivity contribution in [2.45, 2.75) is 6.18 Å². The number of nitrogens with one attached hydrogen (secondary N) is 1. The van der Waals surface area contributed by atoms with Gasteiger partial charge in [0.15, 0.2) is 0 Å². The highest BCUT2D eigenvalue weighted by molar-refractivity contribution is 9.10. The van der Waals surface area contributed by atoms with Gasteiger partial charge in [0.25, 0.3) is 5.69 Å². The van der Waals surface area contributed by atoms with Crippen molar-refractivity contribution >= 4 is 33.2 Å². The molecule has 0 heterocycles. The van der Waals surface area contributed by atoms with Gasteiger partial charge in [0.1, 0.15) is 0 Å². The van der Waals surface area contributed by atoms with Crippen molar-refractivity contribution in [3.63, 3.8) is 0 Å². The van der Waals surface area contributed by atoms with E-state index in [1.807, 2.05) is 0 Å². The number of hydrogen-bond acceptors (Lipinski definition) is 3. The number of benzene rings is 1. The number of carbonyl (C=O) groups is 1. The number of non-ortho nitro benzene ring substituents is 1. The van der Waals surface area contributed by atoms with Gasteiger partial charge in [-0.05, 0) is 22.0 Å². The summed E-state index contributed by atoms with van der Waals surface area (Å²) in [6, 6.07) is 2.98. The van der Waals surface area contributed by atoms with Crippen LogP contribution < -0.4 is 5.32 Å². The van der Waals surface area contributed by atoms with Crippen molar-refractivity contribution in [2.24, 2.45) is 0 Å². The van der Waals surface area contributed by atoms with Crippen LogP contribution in [0.3, 0.4) is 0 Å². The topological polar surface area (TPSA) is 72.2 Å². The van der Waals surface area contributed by atoms with Gasteiger partial charge in [0.05, 0.1) is 10.6 Å². The fourth-order valence-electron chi connectivity index (χ4n) is 0.912. The van der Waals surface area contributed by atoms with Gasteiger partial charge in [-0.2, -0.15) is 13.2 Å². The molecule has 0 saturated carbocycles. The molecule has 0 saturated heterocycles. The highest BCUT2D eigenvalue weighted by Gasteiger charge is 2.38. The van der Waals surface area contributed by atoms with Crippen LogP contribution in [0.1, 0.15) is 0 Å². The van der Waals surface area contributed by atoms with Crippen molar-refractivity contribution in [3.05, 3.63) is 32.8 Å². The molecule has 5 nitrogen and oxygen atoms in total. The van der Waals surface area contributed by atoms with Crippen molar-refractivity contribution < 1.29 is 22.9 Å². The standard InChI is InChI=1S/C8H4BrF3N2O3/c9-5-3-4(14(16)17)1-2-6(5)13-7(15)8(10,11)12/h1-3H,(H,13,15). The third-order valence-electron chi connectivity index (χ3n) is 1.67. The van der Waals surface area contributed by atoms with E-state index in [1.165, 1.54) is 0 Å². The van der Waals surface area contributed by atoms with Crippen LogP contribution >= 0.6 is 15.9 Å². The number of anilines is 1. The predicted octanol–water partition coefficient (Wildman–Crippen LogP) is 2.86. The summed E-state index contributed by atoms with van der Waals surface area (Å²) >= 11 is 2.82. The normalized spacial score (nSPS) is 11.1. The molecule has 1 N–H and O–H groups in total. The molecule has 17 heavy (non-hydrogen) atoms. The number of nitro groups is 1. The quantitative estimate of drug-likeness (QED) is 0.674. The third kappa shape index (κ3) is 3.41. The maximum absolute atomic E-state index is 11.9. The van der Waals surface area contributed by atoms with E-state index in [0.29, 0.717) is 0 Å². The summed E-state index contributed by atoms with van der Waals surface area (Å²) in [4.78, 5) is 20.3. The van der Waals surface area contributed by atoms with Crippen LogP contribution in [0.2, 0.25) is 0 Å². The predicted molar refractivity (Wildman–Crippen MR) is 55.5 cm³/mol. The largest absolute Gasteiger partial charge is 0.471 e. The molecule has 0 atom stereocenters. The molecule has 0 aliphatic carbocycles. The Labute approximate surface area is 101 Å². The Hall–Kier alpha value is -1.64. The van der Waals surface area contributed by atoms with Gasteiger partial charge in [-0.25, -0.2) is 0 Å². The number of rotatable bonds is 2. The van der Waals surface area contributed by atoms with E-state index in [9.17, 15) is 28.1 Å². The molecular formula is C8H4BrF3N2O3. The highest BCUT2D eigenvalue weighted by atomic mass is 79.9. The number of hydrogen-bond donors (Lipinski definition) is 1. The summed E-state index contributed by atoms with van der Waals surface area (Å²) in [5, 5.41) is 11.9. The summed E-state index contributed by atoms with van der Waals surface area (Å²) in [5.41, 5.74) is -0.500. The first kappa shape index (κ1) is 13.4. The van der Waals surface area contributed by atoms with Crippen LogP contribution in [0, 0.1) is 10.1 Å². The summed E-state index contributed by atoms with van der Waals surface area (Å²) in [5.74, 6) is -2.15. The lowest BCUT2D eigenvalue weighted by molar-refractivity contribution is -0.384. The Bertz CT molecular complexity index is 476. The number of nitro benzene ring substituents is 1. The van der Waals surface area contributed by atoms with Gasteiger partial charge in [0.2, 0.25) is 0 Å². The minimum Gasteiger partial charge on any atom is -0.317 e. The molecule has 9 heteroatoms. The fraction of sp³-hybridized carbons (Fsp3) is 0.125. The Kier molecular flexibility index (Phi) is 3.71. The Morgan fingerprint density at radius 3 is 2.41 bits per heavy atom. The molecule has 0 radical (unpaired) electrons. The monoisotopic (exact) mass is 312 g/mol. The number of carbonyl (C=O) groups excluding carboxylic acids is 1. The molecule has 0 fully saturated rings. The molecule has 0 aliphatic heterocycles. The van der Waals surface area contributed by atoms with Crippen molar-refractivity contribution in [3.8, 4) is 0 Å². The molecule has 1 amide bonds. The molecule has 0 aliphatic rings. The molecule has 0 aromatic heterocycles. The lowest BCUT2D eigenvalue weighted by Gasteiger charge is -2.09. The number of alkyl halides is 3. The molecule has 1 aromatic rings. The second-order valence-electron chi connectivity index (χ2n) is 2.87. The van der Waals surface area contributed by atoms with Crippen molar-refractivity contribution in [1.29, 1.82) is 0 Å². The molecule has 1 rings (SSSR count). The van der Waals surface area contributed by atoms with E-state index in [0.717, 1.165) is 18.2 Å². The average molecular weight is 313 g/mol. The minimum absolute atomic E-state index is 0.00991. The lowest BCUT2D eigenvalue weighted by Crippen LogP contribution is -2.30. The smallest absolute Gasteiger partial charge is 0.317 e. The van der Waals surface area contributed by atoms with Crippen molar-refractivity contribution in [1.82, 2.24) is 0 Å². The van der Waals surface area contributed by atoms with Gasteiger partial charge < -0.3 is 5.32 Å². The molecular weight excluding hydrogens is 309 g/mol. The van der Waals surface area contributed by atoms with E-state index < -0.39 is 17.0 Å². The van der Waals surface area contributed by atoms with E-state index in [2.05, 4.69) is 15.9 Å². The SMILES string of the molecule is O=C(Nc1ccc([N+](=O)[O-])cc1Br)C(F)(F)F. The number of halogens is 4. The van der Waals surface area contributed by atoms with Crippen LogP contribution in [-0.2, 0) is 4.79 Å². The van der Waals surface area contributed by atoms with Gasteiger partial charge in [-0.1, -0.05) is 0 Å². The lowest BCUT2D eigenvalue weighted by atomic mass is 10.3. The van der Waals surface area contributed by atoms with Gasteiger partial charge in [-0.15, -0.1) is 0 Å². The van der Waals surface area contributed by atoms with Gasteiger partial charge in [0, 0.05) is 16.6 Å². The van der Waals surface area contributed by atoms with E-state index in [-0.39, 0.29) is 15.8 Å². The molecule has 1 aromatic carbocycles. The highest BCUT2D eigenvalue weighted by Crippen LogP contribution is 2.28. The first-order valence-electron chi connectivity index (χ1n) is 4.04. The van der Waals surface area contributed by atoms with Gasteiger partial charge >= 0.3 is 12.1 Å². The van der Waals surface area contributed by atoms with E-state index >= 15 is 0 Å². The Morgan fingerprint density at radius 2 is 2.00 bits per heavy atom. The minimum atomic E-state index is -5.01. The maximum Gasteiger partial charge on any atom is 0.471 e. The van der Waals surface area contributed by atoms with Gasteiger partial charge in [-0.3, -0.25) is 14.9 Å². The van der Waals surface area contributed by atoms with Crippen LogP contribution in [0.25, 0.3) is 0 Å². The summed E-state index contributed by atoms with van der Waals surface area (Å²) in [6.07, 6.45) is -5.01. The zero-order valence-electron chi connectivity index (χ0n) is 7.92. The summed E-state index contributed by atoms with van der Waals surface area (Å²) in [7, 11) is 0. The Balaban J connectivity index is 2.95. The molecule has 92 valence electrons. The van der Waals surface area contributed by atoms with Crippen LogP contribution in [0.4, 0.5) is 24.5 Å². The van der Waals surface area contributed by atoms with Crippen LogP contribution in [-0.4, -0.2) is 17.0 Å². The molecule has 0 spiro atoms. The molecule has 0 unspecified atom stereocenters. The van der Waals surface area contributed by atoms with E-state index in [4.69, 9.17) is 0 Å². The van der Waals surface area contributed by atoms with Crippen LogP contribution in [0.15, 0.2) is 22.7 Å². The maximum atomic E-state index is 11.9. The Morgan fingerprint density at radius 1 is 1.41 bits per heavy atom. The summed E-state index contributed by atoms with van der Waals surface area (Å²) < 4.78 is 35.8.